The van der Waals surface area contributed by atoms with E-state index in [0.717, 1.165) is 38.3 Å². The Labute approximate surface area is 187 Å². The highest BCUT2D eigenvalue weighted by molar-refractivity contribution is 6.31. The first kappa shape index (κ1) is 22.8. The number of hydrogen-bond donors (Lipinski definition) is 2. The molecule has 1 aliphatic heterocycles. The van der Waals surface area contributed by atoms with Gasteiger partial charge in [-0.2, -0.15) is 5.26 Å². The number of nitriles is 1. The molecule has 1 fully saturated rings. The van der Waals surface area contributed by atoms with Crippen LogP contribution in [-0.2, 0) is 16.1 Å². The summed E-state index contributed by atoms with van der Waals surface area (Å²) >= 11 is 6.06. The number of benzene rings is 2. The number of nitrogens with zero attached hydrogens (tertiary/aromatic N) is 3. The Morgan fingerprint density at radius 2 is 1.71 bits per heavy atom. The van der Waals surface area contributed by atoms with E-state index in [0.29, 0.717) is 16.3 Å². The highest BCUT2D eigenvalue weighted by Crippen LogP contribution is 2.22. The van der Waals surface area contributed by atoms with Gasteiger partial charge in [0.15, 0.2) is 0 Å². The molecule has 0 bridgehead atoms. The number of halogens is 1. The third kappa shape index (κ3) is 6.79. The van der Waals surface area contributed by atoms with Crippen molar-refractivity contribution in [3.8, 4) is 6.07 Å². The molecular formula is C23H26ClN5O2. The lowest BCUT2D eigenvalue weighted by atomic mass is 10.1. The minimum absolute atomic E-state index is 0.0799. The van der Waals surface area contributed by atoms with Gasteiger partial charge in [-0.15, -0.1) is 0 Å². The van der Waals surface area contributed by atoms with Gasteiger partial charge < -0.3 is 10.6 Å². The third-order valence-corrected chi connectivity index (χ3v) is 5.72. The summed E-state index contributed by atoms with van der Waals surface area (Å²) in [7, 11) is 0. The topological polar surface area (TPSA) is 88.5 Å². The van der Waals surface area contributed by atoms with E-state index < -0.39 is 0 Å². The molecule has 1 aliphatic rings. The molecule has 31 heavy (non-hydrogen) atoms. The molecule has 2 aromatic rings. The quantitative estimate of drug-likeness (QED) is 0.691. The van der Waals surface area contributed by atoms with Gasteiger partial charge in [-0.05, 0) is 42.3 Å². The van der Waals surface area contributed by atoms with E-state index in [9.17, 15) is 9.59 Å². The molecule has 2 aromatic carbocycles. The molecule has 0 aliphatic carbocycles. The van der Waals surface area contributed by atoms with E-state index in [1.54, 1.807) is 18.2 Å². The number of anilines is 1. The number of nitrogens with one attached hydrogen (secondary N) is 2. The maximum absolute atomic E-state index is 12.2. The molecule has 2 N–H and O–H groups in total. The summed E-state index contributed by atoms with van der Waals surface area (Å²) < 4.78 is 0. The number of amides is 2. The van der Waals surface area contributed by atoms with E-state index in [-0.39, 0.29) is 24.9 Å². The Morgan fingerprint density at radius 3 is 2.39 bits per heavy atom. The molecule has 2 amide bonds. The molecular weight excluding hydrogens is 414 g/mol. The van der Waals surface area contributed by atoms with Crippen molar-refractivity contribution in [2.45, 2.75) is 13.5 Å². The van der Waals surface area contributed by atoms with E-state index in [4.69, 9.17) is 16.9 Å². The summed E-state index contributed by atoms with van der Waals surface area (Å²) in [5.74, 6) is -0.454. The van der Waals surface area contributed by atoms with Gasteiger partial charge in [-0.25, -0.2) is 0 Å². The average molecular weight is 440 g/mol. The fourth-order valence-electron chi connectivity index (χ4n) is 3.42. The van der Waals surface area contributed by atoms with Crippen molar-refractivity contribution in [2.75, 3.05) is 44.6 Å². The lowest BCUT2D eigenvalue weighted by Gasteiger charge is -2.34. The van der Waals surface area contributed by atoms with Gasteiger partial charge in [0.2, 0.25) is 11.8 Å². The zero-order valence-corrected chi connectivity index (χ0v) is 18.3. The molecule has 0 saturated carbocycles. The van der Waals surface area contributed by atoms with Gasteiger partial charge in [-0.3, -0.25) is 19.4 Å². The maximum Gasteiger partial charge on any atom is 0.243 e. The Morgan fingerprint density at radius 1 is 1.03 bits per heavy atom. The summed E-state index contributed by atoms with van der Waals surface area (Å²) in [5.41, 5.74) is 3.27. The van der Waals surface area contributed by atoms with Gasteiger partial charge >= 0.3 is 0 Å². The van der Waals surface area contributed by atoms with Crippen LogP contribution < -0.4 is 10.6 Å². The van der Waals surface area contributed by atoms with Crippen molar-refractivity contribution in [3.63, 3.8) is 0 Å². The zero-order valence-electron chi connectivity index (χ0n) is 17.5. The van der Waals surface area contributed by atoms with Crippen molar-refractivity contribution >= 4 is 29.1 Å². The second-order valence-electron chi connectivity index (χ2n) is 7.60. The highest BCUT2D eigenvalue weighted by Gasteiger charge is 2.19. The first-order valence-corrected chi connectivity index (χ1v) is 10.6. The fourth-order valence-corrected chi connectivity index (χ4v) is 3.60. The number of carbonyl (C=O) groups excluding carboxylic acids is 2. The molecule has 0 radical (unpaired) electrons. The summed E-state index contributed by atoms with van der Waals surface area (Å²) in [6, 6.07) is 15.1. The van der Waals surface area contributed by atoms with Crippen LogP contribution in [0.5, 0.6) is 0 Å². The summed E-state index contributed by atoms with van der Waals surface area (Å²) in [6.45, 7) is 6.16. The SMILES string of the molecule is Cc1c(Cl)cccc1NC(=O)CNC(=O)CN1CCN(Cc2ccc(C#N)cc2)CC1. The highest BCUT2D eigenvalue weighted by atomic mass is 35.5. The zero-order chi connectivity index (χ0) is 22.2. The predicted molar refractivity (Wildman–Crippen MR) is 121 cm³/mol. The van der Waals surface area contributed by atoms with Crippen molar-refractivity contribution in [1.29, 1.82) is 5.26 Å². The molecule has 0 aromatic heterocycles. The normalized spacial score (nSPS) is 14.6. The van der Waals surface area contributed by atoms with Crippen LogP contribution in [0.2, 0.25) is 5.02 Å². The number of rotatable bonds is 7. The van der Waals surface area contributed by atoms with E-state index in [1.807, 2.05) is 31.2 Å². The molecule has 0 spiro atoms. The van der Waals surface area contributed by atoms with Crippen molar-refractivity contribution < 1.29 is 9.59 Å². The van der Waals surface area contributed by atoms with E-state index in [2.05, 4.69) is 26.5 Å². The number of hydrogen-bond acceptors (Lipinski definition) is 5. The number of piperazine rings is 1. The largest absolute Gasteiger partial charge is 0.346 e. The van der Waals surface area contributed by atoms with E-state index in [1.165, 1.54) is 5.56 Å². The smallest absolute Gasteiger partial charge is 0.243 e. The molecule has 3 rings (SSSR count). The Hall–Kier alpha value is -2.92. The molecule has 162 valence electrons. The third-order valence-electron chi connectivity index (χ3n) is 5.31. The van der Waals surface area contributed by atoms with Crippen LogP contribution in [0.15, 0.2) is 42.5 Å². The maximum atomic E-state index is 12.2. The predicted octanol–water partition coefficient (Wildman–Crippen LogP) is 2.39. The summed E-state index contributed by atoms with van der Waals surface area (Å²) in [6.07, 6.45) is 0. The van der Waals surface area contributed by atoms with Crippen LogP contribution in [0.4, 0.5) is 5.69 Å². The lowest BCUT2D eigenvalue weighted by Crippen LogP contribution is -2.49. The summed E-state index contributed by atoms with van der Waals surface area (Å²) in [4.78, 5) is 28.8. The Bertz CT molecular complexity index is 963. The van der Waals surface area contributed by atoms with Crippen LogP contribution in [0, 0.1) is 18.3 Å². The van der Waals surface area contributed by atoms with Gasteiger partial charge in [0.25, 0.3) is 0 Å². The monoisotopic (exact) mass is 439 g/mol. The molecule has 7 nitrogen and oxygen atoms in total. The standard InChI is InChI=1S/C23H26ClN5O2/c1-17-20(24)3-2-4-21(17)27-22(30)14-26-23(31)16-29-11-9-28(10-12-29)15-19-7-5-18(13-25)6-8-19/h2-8H,9-12,14-16H2,1H3,(H,26,31)(H,27,30). The summed E-state index contributed by atoms with van der Waals surface area (Å²) in [5, 5.41) is 14.9. The number of carbonyl (C=O) groups is 2. The lowest BCUT2D eigenvalue weighted by molar-refractivity contribution is -0.125. The van der Waals surface area contributed by atoms with Gasteiger partial charge in [0.05, 0.1) is 24.7 Å². The van der Waals surface area contributed by atoms with E-state index >= 15 is 0 Å². The first-order valence-electron chi connectivity index (χ1n) is 10.2. The van der Waals surface area contributed by atoms with Crippen LogP contribution in [0.25, 0.3) is 0 Å². The molecule has 8 heteroatoms. The van der Waals surface area contributed by atoms with Gasteiger partial charge in [0, 0.05) is 43.4 Å². The molecule has 1 heterocycles. The minimum atomic E-state index is -0.286. The van der Waals surface area contributed by atoms with Crippen LogP contribution in [0.3, 0.4) is 0 Å². The van der Waals surface area contributed by atoms with Crippen molar-refractivity contribution in [1.82, 2.24) is 15.1 Å². The minimum Gasteiger partial charge on any atom is -0.346 e. The molecule has 0 unspecified atom stereocenters. The fraction of sp³-hybridized carbons (Fsp3) is 0.348. The first-order chi connectivity index (χ1) is 14.9. The second-order valence-corrected chi connectivity index (χ2v) is 8.01. The average Bonchev–Trinajstić information content (AvgIpc) is 2.77. The van der Waals surface area contributed by atoms with Crippen LogP contribution >= 0.6 is 11.6 Å². The van der Waals surface area contributed by atoms with Crippen LogP contribution in [-0.4, -0.2) is 60.9 Å². The van der Waals surface area contributed by atoms with Crippen molar-refractivity contribution in [3.05, 3.63) is 64.2 Å². The van der Waals surface area contributed by atoms with Crippen molar-refractivity contribution in [2.24, 2.45) is 0 Å². The molecule has 1 saturated heterocycles. The van der Waals surface area contributed by atoms with Gasteiger partial charge in [-0.1, -0.05) is 29.8 Å². The van der Waals surface area contributed by atoms with Crippen LogP contribution in [0.1, 0.15) is 16.7 Å². The van der Waals surface area contributed by atoms with Gasteiger partial charge in [0.1, 0.15) is 0 Å². The molecule has 0 atom stereocenters. The second kappa shape index (κ2) is 10.9. The Kier molecular flexibility index (Phi) is 8.01. The Balaban J connectivity index is 1.36.